The number of para-hydroxylation sites is 1. The lowest BCUT2D eigenvalue weighted by atomic mass is 10.2. The van der Waals surface area contributed by atoms with Gasteiger partial charge in [0, 0.05) is 6.07 Å². The first kappa shape index (κ1) is 24.3. The lowest BCUT2D eigenvalue weighted by Gasteiger charge is -2.14. The number of esters is 1. The van der Waals surface area contributed by atoms with Gasteiger partial charge in [0.1, 0.15) is 23.7 Å². The molecular formula is C25H16BrF3O6. The first-order chi connectivity index (χ1) is 16.7. The maximum Gasteiger partial charge on any atom is 0.453 e. The highest BCUT2D eigenvalue weighted by Gasteiger charge is 2.40. The molecule has 0 N–H and O–H groups in total. The van der Waals surface area contributed by atoms with Crippen LogP contribution in [0.25, 0.3) is 11.0 Å². The van der Waals surface area contributed by atoms with E-state index in [0.29, 0.717) is 4.47 Å². The Kier molecular flexibility index (Phi) is 7.11. The van der Waals surface area contributed by atoms with Gasteiger partial charge in [-0.3, -0.25) is 4.79 Å². The molecule has 10 heteroatoms. The molecule has 0 aliphatic carbocycles. The van der Waals surface area contributed by atoms with E-state index in [0.717, 1.165) is 11.6 Å². The van der Waals surface area contributed by atoms with Gasteiger partial charge < -0.3 is 18.6 Å². The highest BCUT2D eigenvalue weighted by Crippen LogP contribution is 2.39. The van der Waals surface area contributed by atoms with Crippen LogP contribution in [-0.2, 0) is 22.3 Å². The van der Waals surface area contributed by atoms with E-state index in [4.69, 9.17) is 18.6 Å². The van der Waals surface area contributed by atoms with Crippen LogP contribution in [-0.4, -0.2) is 12.6 Å². The average molecular weight is 549 g/mol. The Hall–Kier alpha value is -3.79. The lowest BCUT2D eigenvalue weighted by molar-refractivity contribution is -0.154. The third-order valence-electron chi connectivity index (χ3n) is 4.73. The van der Waals surface area contributed by atoms with Crippen molar-refractivity contribution < 1.29 is 36.6 Å². The summed E-state index contributed by atoms with van der Waals surface area (Å²) in [6.07, 6.45) is -5.01. The van der Waals surface area contributed by atoms with Gasteiger partial charge in [-0.25, -0.2) is 4.79 Å². The van der Waals surface area contributed by atoms with Crippen molar-refractivity contribution in [1.82, 2.24) is 0 Å². The Morgan fingerprint density at radius 3 is 2.40 bits per heavy atom. The molecule has 4 rings (SSSR count). The number of carbonyl (C=O) groups excluding carboxylic acids is 1. The van der Waals surface area contributed by atoms with E-state index < -0.39 is 35.7 Å². The van der Waals surface area contributed by atoms with Crippen LogP contribution >= 0.6 is 15.9 Å². The molecule has 0 amide bonds. The standard InChI is InChI=1S/C25H16BrF3O6/c26-18-8-4-5-9-19(18)34-23-22(31)17-11-10-16(12-20(17)35-24(23)25(27,28)29)32-14-21(30)33-13-15-6-2-1-3-7-15/h1-12H,13-14H2. The van der Waals surface area contributed by atoms with Crippen LogP contribution in [0, 0.1) is 0 Å². The van der Waals surface area contributed by atoms with Gasteiger partial charge in [0.05, 0.1) is 9.86 Å². The van der Waals surface area contributed by atoms with E-state index in [9.17, 15) is 22.8 Å². The molecule has 0 aliphatic rings. The summed E-state index contributed by atoms with van der Waals surface area (Å²) in [4.78, 5) is 24.8. The second-order valence-corrected chi connectivity index (χ2v) is 8.07. The molecule has 0 fully saturated rings. The quantitative estimate of drug-likeness (QED) is 0.246. The molecule has 180 valence electrons. The SMILES string of the molecule is O=C(COc1ccc2c(=O)c(Oc3ccccc3Br)c(C(F)(F)F)oc2c1)OCc1ccccc1. The van der Waals surface area contributed by atoms with Gasteiger partial charge in [-0.05, 0) is 45.8 Å². The predicted molar refractivity (Wildman–Crippen MR) is 123 cm³/mol. The fraction of sp³-hybridized carbons (Fsp3) is 0.120. The summed E-state index contributed by atoms with van der Waals surface area (Å²) < 4.78 is 62.3. The number of ether oxygens (including phenoxy) is 3. The van der Waals surface area contributed by atoms with Gasteiger partial charge in [0.15, 0.2) is 6.61 Å². The fourth-order valence-electron chi connectivity index (χ4n) is 3.08. The molecule has 6 nitrogen and oxygen atoms in total. The molecule has 35 heavy (non-hydrogen) atoms. The summed E-state index contributed by atoms with van der Waals surface area (Å²) in [5.41, 5.74) is -0.603. The number of carbonyl (C=O) groups is 1. The zero-order chi connectivity index (χ0) is 25.0. The second-order valence-electron chi connectivity index (χ2n) is 7.21. The van der Waals surface area contributed by atoms with Crippen LogP contribution in [0.5, 0.6) is 17.2 Å². The van der Waals surface area contributed by atoms with Crippen molar-refractivity contribution >= 4 is 32.9 Å². The van der Waals surface area contributed by atoms with E-state index in [2.05, 4.69) is 15.9 Å². The molecule has 3 aromatic carbocycles. The van der Waals surface area contributed by atoms with Gasteiger partial charge in [-0.2, -0.15) is 13.2 Å². The van der Waals surface area contributed by atoms with Crippen LogP contribution in [0.3, 0.4) is 0 Å². The van der Waals surface area contributed by atoms with E-state index in [1.54, 1.807) is 42.5 Å². The van der Waals surface area contributed by atoms with Crippen LogP contribution in [0.15, 0.2) is 86.5 Å². The normalized spacial score (nSPS) is 11.3. The Morgan fingerprint density at radius 2 is 1.69 bits per heavy atom. The molecule has 0 radical (unpaired) electrons. The third-order valence-corrected chi connectivity index (χ3v) is 5.38. The zero-order valence-electron chi connectivity index (χ0n) is 17.8. The molecule has 0 spiro atoms. The minimum Gasteiger partial charge on any atom is -0.482 e. The average Bonchev–Trinajstić information content (AvgIpc) is 2.84. The molecule has 0 atom stereocenters. The second kappa shape index (κ2) is 10.2. The van der Waals surface area contributed by atoms with Crippen molar-refractivity contribution in [2.24, 2.45) is 0 Å². The summed E-state index contributed by atoms with van der Waals surface area (Å²) in [7, 11) is 0. The maximum absolute atomic E-state index is 13.7. The molecule has 0 saturated heterocycles. The van der Waals surface area contributed by atoms with Gasteiger partial charge in [0.2, 0.25) is 11.2 Å². The first-order valence-corrected chi connectivity index (χ1v) is 10.9. The number of hydrogen-bond acceptors (Lipinski definition) is 6. The van der Waals surface area contributed by atoms with E-state index in [1.165, 1.54) is 18.2 Å². The zero-order valence-corrected chi connectivity index (χ0v) is 19.4. The maximum atomic E-state index is 13.7. The summed E-state index contributed by atoms with van der Waals surface area (Å²) in [5, 5.41) is -0.154. The van der Waals surface area contributed by atoms with Crippen LogP contribution in [0.2, 0.25) is 0 Å². The molecule has 1 heterocycles. The Labute approximate surface area is 205 Å². The minimum absolute atomic E-state index is 0.0126. The monoisotopic (exact) mass is 548 g/mol. The minimum atomic E-state index is -5.01. The first-order valence-electron chi connectivity index (χ1n) is 10.1. The summed E-state index contributed by atoms with van der Waals surface area (Å²) in [6.45, 7) is -0.442. The lowest BCUT2D eigenvalue weighted by Crippen LogP contribution is -2.16. The smallest absolute Gasteiger partial charge is 0.453 e. The molecule has 0 unspecified atom stereocenters. The fourth-order valence-corrected chi connectivity index (χ4v) is 3.45. The third kappa shape index (κ3) is 5.83. The molecule has 0 aliphatic heterocycles. The highest BCUT2D eigenvalue weighted by molar-refractivity contribution is 9.10. The van der Waals surface area contributed by atoms with Crippen molar-refractivity contribution in [3.05, 3.63) is 98.8 Å². The number of alkyl halides is 3. The van der Waals surface area contributed by atoms with E-state index >= 15 is 0 Å². The number of halogens is 4. The Balaban J connectivity index is 1.57. The summed E-state index contributed by atoms with van der Waals surface area (Å²) >= 11 is 3.17. The number of benzene rings is 3. The van der Waals surface area contributed by atoms with Crippen molar-refractivity contribution in [2.45, 2.75) is 12.8 Å². The van der Waals surface area contributed by atoms with E-state index in [-0.39, 0.29) is 29.1 Å². The van der Waals surface area contributed by atoms with Crippen molar-refractivity contribution in [2.75, 3.05) is 6.61 Å². The van der Waals surface area contributed by atoms with Crippen molar-refractivity contribution in [3.63, 3.8) is 0 Å². The van der Waals surface area contributed by atoms with Gasteiger partial charge in [-0.15, -0.1) is 0 Å². The summed E-state index contributed by atoms with van der Waals surface area (Å²) in [6, 6.07) is 18.8. The number of rotatable bonds is 7. The van der Waals surface area contributed by atoms with Gasteiger partial charge >= 0.3 is 12.1 Å². The number of fused-ring (bicyclic) bond motifs is 1. The number of hydrogen-bond donors (Lipinski definition) is 0. The predicted octanol–water partition coefficient (Wildman–Crippen LogP) is 6.49. The molecular weight excluding hydrogens is 533 g/mol. The van der Waals surface area contributed by atoms with Crippen LogP contribution in [0.1, 0.15) is 11.3 Å². The molecule has 0 bridgehead atoms. The van der Waals surface area contributed by atoms with E-state index in [1.807, 2.05) is 6.07 Å². The van der Waals surface area contributed by atoms with Crippen LogP contribution < -0.4 is 14.9 Å². The molecule has 4 aromatic rings. The largest absolute Gasteiger partial charge is 0.482 e. The molecule has 0 saturated carbocycles. The van der Waals surface area contributed by atoms with Crippen molar-refractivity contribution in [3.8, 4) is 17.2 Å². The summed E-state index contributed by atoms with van der Waals surface area (Å²) in [5.74, 6) is -3.23. The Bertz CT molecular complexity index is 1420. The molecule has 1 aromatic heterocycles. The highest BCUT2D eigenvalue weighted by atomic mass is 79.9. The van der Waals surface area contributed by atoms with Crippen LogP contribution in [0.4, 0.5) is 13.2 Å². The van der Waals surface area contributed by atoms with Gasteiger partial charge in [0.25, 0.3) is 5.76 Å². The van der Waals surface area contributed by atoms with Crippen molar-refractivity contribution in [1.29, 1.82) is 0 Å². The Morgan fingerprint density at radius 1 is 0.971 bits per heavy atom. The van der Waals surface area contributed by atoms with Gasteiger partial charge in [-0.1, -0.05) is 42.5 Å². The topological polar surface area (TPSA) is 75.0 Å².